The minimum Gasteiger partial charge on any atom is -0.382 e. The second-order valence-corrected chi connectivity index (χ2v) is 9.44. The summed E-state index contributed by atoms with van der Waals surface area (Å²) in [6.07, 6.45) is 1.16. The number of nitrogens with one attached hydrogen (secondary N) is 2. The van der Waals surface area contributed by atoms with Crippen LogP contribution in [0.3, 0.4) is 0 Å². The molecule has 0 radical (unpaired) electrons. The van der Waals surface area contributed by atoms with Gasteiger partial charge in [0.2, 0.25) is 0 Å². The first kappa shape index (κ1) is 22.8. The van der Waals surface area contributed by atoms with Gasteiger partial charge in [-0.1, -0.05) is 11.6 Å². The Balaban J connectivity index is 1.68. The van der Waals surface area contributed by atoms with Crippen molar-refractivity contribution in [2.24, 2.45) is 0 Å². The van der Waals surface area contributed by atoms with Crippen LogP contribution in [-0.2, 0) is 10.0 Å². The molecule has 8 nitrogen and oxygen atoms in total. The van der Waals surface area contributed by atoms with E-state index in [0.29, 0.717) is 16.8 Å². The van der Waals surface area contributed by atoms with Gasteiger partial charge in [0.25, 0.3) is 15.9 Å². The van der Waals surface area contributed by atoms with Crippen molar-refractivity contribution >= 4 is 66.3 Å². The summed E-state index contributed by atoms with van der Waals surface area (Å²) in [5, 5.41) is 3.47. The maximum atomic E-state index is 15.1. The van der Waals surface area contributed by atoms with E-state index in [9.17, 15) is 22.0 Å². The van der Waals surface area contributed by atoms with Gasteiger partial charge >= 0.3 is 0 Å². The Bertz CT molecular complexity index is 1530. The highest BCUT2D eigenvalue weighted by Gasteiger charge is 2.24. The molecular formula is C19H11ClF3N5O3S2. The summed E-state index contributed by atoms with van der Waals surface area (Å²) >= 11 is 7.10. The standard InChI is InChI=1S/C19H11ClF3N5O3S2/c20-10-2-4-12(28-33(30,31)13-5-8(21)1-3-11(13)22)14(23)16(10)27-19(29)9-6-32-17-15(9)25-7-26-18(17)24/h1-7,28H,(H,27,29)(H2,24,25,26). The molecule has 0 bridgehead atoms. The zero-order valence-electron chi connectivity index (χ0n) is 16.1. The molecule has 4 rings (SSSR count). The number of carbonyl (C=O) groups is 1. The van der Waals surface area contributed by atoms with Crippen LogP contribution in [0.1, 0.15) is 10.4 Å². The van der Waals surface area contributed by atoms with Crippen LogP contribution < -0.4 is 15.8 Å². The van der Waals surface area contributed by atoms with Crippen LogP contribution in [0.15, 0.2) is 46.9 Å². The fourth-order valence-electron chi connectivity index (χ4n) is 2.84. The van der Waals surface area contributed by atoms with Crippen molar-refractivity contribution < 1.29 is 26.4 Å². The van der Waals surface area contributed by atoms with E-state index in [4.69, 9.17) is 17.3 Å². The Kier molecular flexibility index (Phi) is 5.86. The molecule has 2 aromatic heterocycles. The second-order valence-electron chi connectivity index (χ2n) is 6.50. The maximum Gasteiger partial charge on any atom is 0.265 e. The summed E-state index contributed by atoms with van der Waals surface area (Å²) in [5.74, 6) is -4.12. The van der Waals surface area contributed by atoms with Gasteiger partial charge in [-0.3, -0.25) is 9.52 Å². The van der Waals surface area contributed by atoms with Crippen molar-refractivity contribution in [2.75, 3.05) is 15.8 Å². The van der Waals surface area contributed by atoms with Crippen LogP contribution in [0.5, 0.6) is 0 Å². The number of aromatic nitrogens is 2. The first-order valence-electron chi connectivity index (χ1n) is 8.83. The lowest BCUT2D eigenvalue weighted by Gasteiger charge is -2.14. The average molecular weight is 514 g/mol. The number of fused-ring (bicyclic) bond motifs is 1. The van der Waals surface area contributed by atoms with E-state index in [1.165, 1.54) is 5.38 Å². The van der Waals surface area contributed by atoms with Gasteiger partial charge in [-0.05, 0) is 30.3 Å². The van der Waals surface area contributed by atoms with Crippen LogP contribution in [0.25, 0.3) is 10.2 Å². The predicted molar refractivity (Wildman–Crippen MR) is 118 cm³/mol. The number of benzene rings is 2. The zero-order valence-corrected chi connectivity index (χ0v) is 18.5. The van der Waals surface area contributed by atoms with Crippen LogP contribution >= 0.6 is 22.9 Å². The van der Waals surface area contributed by atoms with E-state index in [2.05, 4.69) is 15.3 Å². The number of carbonyl (C=O) groups excluding carboxylic acids is 1. The largest absolute Gasteiger partial charge is 0.382 e. The molecule has 2 heterocycles. The van der Waals surface area contributed by atoms with Crippen molar-refractivity contribution in [3.63, 3.8) is 0 Å². The zero-order chi connectivity index (χ0) is 23.9. The summed E-state index contributed by atoms with van der Waals surface area (Å²) in [5.41, 5.74) is 4.86. The SMILES string of the molecule is Nc1ncnc2c(C(=O)Nc3c(Cl)ccc(NS(=O)(=O)c4cc(F)ccc4F)c3F)csc12. The number of hydrogen-bond acceptors (Lipinski definition) is 7. The molecule has 0 atom stereocenters. The lowest BCUT2D eigenvalue weighted by molar-refractivity contribution is 0.102. The van der Waals surface area contributed by atoms with Crippen molar-refractivity contribution in [1.82, 2.24) is 9.97 Å². The average Bonchev–Trinajstić information content (AvgIpc) is 3.20. The van der Waals surface area contributed by atoms with Crippen molar-refractivity contribution in [2.45, 2.75) is 4.90 Å². The molecule has 0 unspecified atom stereocenters. The third kappa shape index (κ3) is 4.29. The monoisotopic (exact) mass is 513 g/mol. The van der Waals surface area contributed by atoms with Crippen LogP contribution in [0, 0.1) is 17.5 Å². The van der Waals surface area contributed by atoms with Gasteiger partial charge < -0.3 is 11.1 Å². The maximum absolute atomic E-state index is 15.1. The Hall–Kier alpha value is -3.42. The highest BCUT2D eigenvalue weighted by atomic mass is 35.5. The van der Waals surface area contributed by atoms with E-state index in [1.807, 2.05) is 4.72 Å². The third-order valence-electron chi connectivity index (χ3n) is 4.38. The number of rotatable bonds is 5. The van der Waals surface area contributed by atoms with Gasteiger partial charge in [0.1, 0.15) is 28.7 Å². The lowest BCUT2D eigenvalue weighted by atomic mass is 10.2. The van der Waals surface area contributed by atoms with Crippen LogP contribution in [-0.4, -0.2) is 24.3 Å². The molecule has 14 heteroatoms. The molecule has 1 amide bonds. The fourth-order valence-corrected chi connectivity index (χ4v) is 5.08. The smallest absolute Gasteiger partial charge is 0.265 e. The summed E-state index contributed by atoms with van der Waals surface area (Å²) in [4.78, 5) is 19.5. The molecule has 0 aliphatic heterocycles. The first-order chi connectivity index (χ1) is 15.6. The number of nitrogens with two attached hydrogens (primary N) is 1. The summed E-state index contributed by atoms with van der Waals surface area (Å²) in [6.45, 7) is 0. The Labute approximate surface area is 193 Å². The topological polar surface area (TPSA) is 127 Å². The van der Waals surface area contributed by atoms with Crippen molar-refractivity contribution in [1.29, 1.82) is 0 Å². The second kappa shape index (κ2) is 8.50. The highest BCUT2D eigenvalue weighted by Crippen LogP contribution is 2.34. The van der Waals surface area contributed by atoms with E-state index in [1.54, 1.807) is 0 Å². The molecule has 0 spiro atoms. The van der Waals surface area contributed by atoms with Gasteiger partial charge in [-0.25, -0.2) is 31.6 Å². The van der Waals surface area contributed by atoms with E-state index >= 15 is 4.39 Å². The minimum atomic E-state index is -4.71. The molecule has 0 fully saturated rings. The number of nitrogens with zero attached hydrogens (tertiary/aromatic N) is 2. The van der Waals surface area contributed by atoms with Gasteiger partial charge in [-0.2, -0.15) is 0 Å². The van der Waals surface area contributed by atoms with Gasteiger partial charge in [0.05, 0.1) is 32.2 Å². The molecular weight excluding hydrogens is 503 g/mol. The van der Waals surface area contributed by atoms with Crippen molar-refractivity contribution in [3.05, 3.63) is 70.1 Å². The number of nitrogen functional groups attached to an aromatic ring is 1. The number of thiophene rings is 1. The van der Waals surface area contributed by atoms with Crippen LogP contribution in [0.4, 0.5) is 30.4 Å². The minimum absolute atomic E-state index is 0.0624. The van der Waals surface area contributed by atoms with Crippen LogP contribution in [0.2, 0.25) is 5.02 Å². The van der Waals surface area contributed by atoms with E-state index in [0.717, 1.165) is 35.9 Å². The highest BCUT2D eigenvalue weighted by molar-refractivity contribution is 7.92. The molecule has 4 aromatic rings. The number of amides is 1. The number of halogens is 4. The summed E-state index contributed by atoms with van der Waals surface area (Å²) in [6, 6.07) is 3.89. The molecule has 0 aliphatic carbocycles. The Morgan fingerprint density at radius 2 is 1.88 bits per heavy atom. The molecule has 0 aliphatic rings. The fraction of sp³-hybridized carbons (Fsp3) is 0. The molecule has 0 saturated carbocycles. The Morgan fingerprint density at radius 1 is 1.12 bits per heavy atom. The molecule has 4 N–H and O–H groups in total. The first-order valence-corrected chi connectivity index (χ1v) is 11.6. The molecule has 0 saturated heterocycles. The van der Waals surface area contributed by atoms with Gasteiger partial charge in [-0.15, -0.1) is 11.3 Å². The predicted octanol–water partition coefficient (Wildman–Crippen LogP) is 4.40. The molecule has 33 heavy (non-hydrogen) atoms. The summed E-state index contributed by atoms with van der Waals surface area (Å²) < 4.78 is 69.7. The molecule has 170 valence electrons. The van der Waals surface area contributed by atoms with E-state index < -0.39 is 49.7 Å². The van der Waals surface area contributed by atoms with Gasteiger partial charge in [0, 0.05) is 5.38 Å². The van der Waals surface area contributed by atoms with Gasteiger partial charge in [0.15, 0.2) is 5.82 Å². The van der Waals surface area contributed by atoms with Crippen molar-refractivity contribution in [3.8, 4) is 0 Å². The summed E-state index contributed by atoms with van der Waals surface area (Å²) in [7, 11) is -4.71. The normalized spacial score (nSPS) is 11.5. The third-order valence-corrected chi connectivity index (χ3v) is 7.07. The quantitative estimate of drug-likeness (QED) is 0.363. The van der Waals surface area contributed by atoms with E-state index in [-0.39, 0.29) is 21.9 Å². The number of sulfonamides is 1. The number of anilines is 3. The lowest BCUT2D eigenvalue weighted by Crippen LogP contribution is -2.18. The number of hydrogen-bond donors (Lipinski definition) is 3. The Morgan fingerprint density at radius 3 is 2.64 bits per heavy atom. The molecule has 2 aromatic carbocycles.